The molecule has 1 aliphatic carbocycles. The number of isocyanates is 1. The van der Waals surface area contributed by atoms with Gasteiger partial charge in [0.25, 0.3) is 0 Å². The Morgan fingerprint density at radius 1 is 1.47 bits per heavy atom. The van der Waals surface area contributed by atoms with Crippen LogP contribution in [0.15, 0.2) is 17.1 Å². The molecular weight excluding hydrogens is 221 g/mol. The van der Waals surface area contributed by atoms with Gasteiger partial charge in [0.2, 0.25) is 6.08 Å². The van der Waals surface area contributed by atoms with Crippen molar-refractivity contribution in [3.8, 4) is 5.75 Å². The van der Waals surface area contributed by atoms with Crippen molar-refractivity contribution >= 4 is 6.08 Å². The molecular formula is C13H14FNO2. The molecule has 0 atom stereocenters. The second-order valence-corrected chi connectivity index (χ2v) is 4.37. The van der Waals surface area contributed by atoms with E-state index in [1.807, 2.05) is 0 Å². The molecule has 0 bridgehead atoms. The smallest absolute Gasteiger partial charge is 0.235 e. The largest absolute Gasteiger partial charge is 0.493 e. The summed E-state index contributed by atoms with van der Waals surface area (Å²) in [5.41, 5.74) is 0.551. The molecule has 0 amide bonds. The topological polar surface area (TPSA) is 38.7 Å². The van der Waals surface area contributed by atoms with Gasteiger partial charge in [0.15, 0.2) is 11.6 Å². The van der Waals surface area contributed by atoms with Gasteiger partial charge in [-0.15, -0.1) is 0 Å². The number of aliphatic imine (C=N–C) groups is 1. The summed E-state index contributed by atoms with van der Waals surface area (Å²) in [6.07, 6.45) is 4.04. The number of carbonyl (C=O) groups excluding carboxylic acids is 1. The second-order valence-electron chi connectivity index (χ2n) is 4.37. The Kier molecular flexibility index (Phi) is 2.99. The average molecular weight is 235 g/mol. The van der Waals surface area contributed by atoms with Crippen LogP contribution < -0.4 is 4.74 Å². The van der Waals surface area contributed by atoms with Gasteiger partial charge in [0.1, 0.15) is 5.54 Å². The second kappa shape index (κ2) is 4.30. The fourth-order valence-corrected chi connectivity index (χ4v) is 2.26. The lowest BCUT2D eigenvalue weighted by Crippen LogP contribution is -2.32. The van der Waals surface area contributed by atoms with Gasteiger partial charge < -0.3 is 4.74 Å². The van der Waals surface area contributed by atoms with Crippen LogP contribution in [0.4, 0.5) is 4.39 Å². The molecule has 17 heavy (non-hydrogen) atoms. The number of hydrogen-bond donors (Lipinski definition) is 0. The van der Waals surface area contributed by atoms with Crippen molar-refractivity contribution < 1.29 is 13.9 Å². The van der Waals surface area contributed by atoms with Crippen LogP contribution in [0, 0.1) is 12.7 Å². The summed E-state index contributed by atoms with van der Waals surface area (Å²) >= 11 is 0. The van der Waals surface area contributed by atoms with Crippen molar-refractivity contribution in [2.45, 2.75) is 31.7 Å². The molecule has 0 spiro atoms. The average Bonchev–Trinajstić information content (AvgIpc) is 2.27. The molecule has 0 radical (unpaired) electrons. The molecule has 4 heteroatoms. The lowest BCUT2D eigenvalue weighted by atomic mass is 9.72. The fourth-order valence-electron chi connectivity index (χ4n) is 2.26. The van der Waals surface area contributed by atoms with E-state index in [9.17, 15) is 9.18 Å². The van der Waals surface area contributed by atoms with E-state index in [0.717, 1.165) is 19.3 Å². The molecule has 2 rings (SSSR count). The molecule has 1 aliphatic rings. The van der Waals surface area contributed by atoms with Crippen LogP contribution >= 0.6 is 0 Å². The minimum absolute atomic E-state index is 0.198. The van der Waals surface area contributed by atoms with Gasteiger partial charge in [-0.3, -0.25) is 0 Å². The molecule has 1 aromatic rings. The van der Waals surface area contributed by atoms with Gasteiger partial charge in [0.05, 0.1) is 7.11 Å². The van der Waals surface area contributed by atoms with E-state index in [1.54, 1.807) is 25.1 Å². The van der Waals surface area contributed by atoms with E-state index in [0.29, 0.717) is 11.1 Å². The first kappa shape index (κ1) is 11.8. The lowest BCUT2D eigenvalue weighted by Gasteiger charge is -2.38. The zero-order chi connectivity index (χ0) is 12.5. The first-order valence-corrected chi connectivity index (χ1v) is 5.57. The van der Waals surface area contributed by atoms with Crippen molar-refractivity contribution in [1.82, 2.24) is 0 Å². The Morgan fingerprint density at radius 3 is 2.65 bits per heavy atom. The Bertz CT molecular complexity index is 488. The third-order valence-corrected chi connectivity index (χ3v) is 3.44. The maximum atomic E-state index is 13.9. The summed E-state index contributed by atoms with van der Waals surface area (Å²) in [7, 11) is 1.43. The van der Waals surface area contributed by atoms with Crippen LogP contribution in [0.3, 0.4) is 0 Å². The normalized spacial score (nSPS) is 16.9. The predicted octanol–water partition coefficient (Wildman–Crippen LogP) is 2.86. The maximum absolute atomic E-state index is 13.9. The molecule has 1 aromatic carbocycles. The Morgan fingerprint density at radius 2 is 2.18 bits per heavy atom. The Labute approximate surface area is 99.3 Å². The molecule has 0 aliphatic heterocycles. The highest BCUT2D eigenvalue weighted by Gasteiger charge is 2.41. The maximum Gasteiger partial charge on any atom is 0.235 e. The summed E-state index contributed by atoms with van der Waals surface area (Å²) in [5, 5.41) is 0. The third-order valence-electron chi connectivity index (χ3n) is 3.44. The first-order valence-electron chi connectivity index (χ1n) is 5.57. The highest BCUT2D eigenvalue weighted by Crippen LogP contribution is 2.48. The zero-order valence-corrected chi connectivity index (χ0v) is 9.92. The fraction of sp³-hybridized carbons (Fsp3) is 0.462. The van der Waals surface area contributed by atoms with Gasteiger partial charge in [-0.25, -0.2) is 9.18 Å². The highest BCUT2D eigenvalue weighted by molar-refractivity contribution is 5.47. The SMILES string of the molecule is COc1c(C2(N=C=O)CCC2)ccc(C)c1F. The van der Waals surface area contributed by atoms with Gasteiger partial charge in [-0.2, -0.15) is 4.99 Å². The number of hydrogen-bond acceptors (Lipinski definition) is 3. The molecule has 0 unspecified atom stereocenters. The van der Waals surface area contributed by atoms with Gasteiger partial charge in [-0.05, 0) is 31.7 Å². The summed E-state index contributed by atoms with van der Waals surface area (Å²) in [5.74, 6) is -0.180. The monoisotopic (exact) mass is 235 g/mol. The molecule has 0 N–H and O–H groups in total. The minimum Gasteiger partial charge on any atom is -0.493 e. The Balaban J connectivity index is 2.58. The summed E-state index contributed by atoms with van der Waals surface area (Å²) in [6.45, 7) is 1.68. The predicted molar refractivity (Wildman–Crippen MR) is 61.3 cm³/mol. The van der Waals surface area contributed by atoms with E-state index in [1.165, 1.54) is 7.11 Å². The van der Waals surface area contributed by atoms with E-state index in [2.05, 4.69) is 4.99 Å². The third kappa shape index (κ3) is 1.75. The lowest BCUT2D eigenvalue weighted by molar-refractivity contribution is 0.243. The van der Waals surface area contributed by atoms with Gasteiger partial charge in [0, 0.05) is 5.56 Å². The Hall–Kier alpha value is -1.67. The zero-order valence-electron chi connectivity index (χ0n) is 9.92. The summed E-state index contributed by atoms with van der Waals surface area (Å²) in [4.78, 5) is 14.4. The number of ether oxygens (including phenoxy) is 1. The van der Waals surface area contributed by atoms with Crippen LogP contribution in [-0.4, -0.2) is 13.2 Å². The van der Waals surface area contributed by atoms with Crippen LogP contribution in [0.5, 0.6) is 5.75 Å². The van der Waals surface area contributed by atoms with Gasteiger partial charge in [-0.1, -0.05) is 12.1 Å². The minimum atomic E-state index is -0.623. The molecule has 0 saturated heterocycles. The van der Waals surface area contributed by atoms with E-state index >= 15 is 0 Å². The highest BCUT2D eigenvalue weighted by atomic mass is 19.1. The van der Waals surface area contributed by atoms with E-state index in [4.69, 9.17) is 4.74 Å². The van der Waals surface area contributed by atoms with E-state index in [-0.39, 0.29) is 11.6 Å². The quantitative estimate of drug-likeness (QED) is 0.597. The molecule has 1 saturated carbocycles. The van der Waals surface area contributed by atoms with Crippen molar-refractivity contribution in [3.05, 3.63) is 29.1 Å². The molecule has 90 valence electrons. The number of halogens is 1. The first-order chi connectivity index (χ1) is 8.14. The van der Waals surface area contributed by atoms with Crippen molar-refractivity contribution in [3.63, 3.8) is 0 Å². The number of nitrogens with zero attached hydrogens (tertiary/aromatic N) is 1. The van der Waals surface area contributed by atoms with Crippen LogP contribution in [0.1, 0.15) is 30.4 Å². The van der Waals surface area contributed by atoms with Crippen LogP contribution in [0.2, 0.25) is 0 Å². The molecule has 1 fully saturated rings. The molecule has 3 nitrogen and oxygen atoms in total. The standard InChI is InChI=1S/C13H14FNO2/c1-9-4-5-10(12(17-2)11(9)14)13(15-8-16)6-3-7-13/h4-5H,3,6-7H2,1-2H3. The van der Waals surface area contributed by atoms with Crippen molar-refractivity contribution in [2.75, 3.05) is 7.11 Å². The summed E-state index contributed by atoms with van der Waals surface area (Å²) < 4.78 is 19.0. The number of methoxy groups -OCH3 is 1. The van der Waals surface area contributed by atoms with E-state index < -0.39 is 5.54 Å². The van der Waals surface area contributed by atoms with Crippen molar-refractivity contribution in [1.29, 1.82) is 0 Å². The van der Waals surface area contributed by atoms with Crippen molar-refractivity contribution in [2.24, 2.45) is 4.99 Å². The number of aryl methyl sites for hydroxylation is 1. The molecule has 0 heterocycles. The molecule has 0 aromatic heterocycles. The number of benzene rings is 1. The van der Waals surface area contributed by atoms with Crippen LogP contribution in [-0.2, 0) is 10.3 Å². The van der Waals surface area contributed by atoms with Gasteiger partial charge >= 0.3 is 0 Å². The number of rotatable bonds is 3. The summed E-state index contributed by atoms with van der Waals surface area (Å²) in [6, 6.07) is 3.48. The van der Waals surface area contributed by atoms with Crippen LogP contribution in [0.25, 0.3) is 0 Å².